The predicted molar refractivity (Wildman–Crippen MR) is 83.3 cm³/mol. The Balaban J connectivity index is 1.97. The Hall–Kier alpha value is -1.56. The maximum atomic E-state index is 12.4. The lowest BCUT2D eigenvalue weighted by Crippen LogP contribution is -2.56. The minimum Gasteiger partial charge on any atom is -0.423 e. The molecular weight excluding hydrogens is 288 g/mol. The van der Waals surface area contributed by atoms with Gasteiger partial charge in [0.05, 0.1) is 10.5 Å². The van der Waals surface area contributed by atoms with Crippen LogP contribution < -0.4 is 4.90 Å². The van der Waals surface area contributed by atoms with Gasteiger partial charge in [-0.05, 0) is 25.0 Å². The van der Waals surface area contributed by atoms with E-state index in [9.17, 15) is 8.42 Å². The standard InChI is InChI=1S/C15H20N2O3S/c1-3-15(4-2)11-17(9-10-21(15,18)19)14-16-12-7-5-6-8-13(12)20-14/h5-8H,3-4,9-11H2,1-2H3. The molecule has 5 nitrogen and oxygen atoms in total. The Morgan fingerprint density at radius 1 is 1.29 bits per heavy atom. The second-order valence-electron chi connectivity index (χ2n) is 5.59. The highest BCUT2D eigenvalue weighted by Crippen LogP contribution is 2.34. The number of fused-ring (bicyclic) bond motifs is 1. The fraction of sp³-hybridized carbons (Fsp3) is 0.533. The molecule has 1 aromatic heterocycles. The van der Waals surface area contributed by atoms with Crippen molar-refractivity contribution in [3.63, 3.8) is 0 Å². The molecule has 1 fully saturated rings. The van der Waals surface area contributed by atoms with E-state index >= 15 is 0 Å². The second-order valence-corrected chi connectivity index (χ2v) is 8.10. The monoisotopic (exact) mass is 308 g/mol. The van der Waals surface area contributed by atoms with Crippen LogP contribution in [0.3, 0.4) is 0 Å². The maximum absolute atomic E-state index is 12.4. The SMILES string of the molecule is CCC1(CC)CN(c2nc3ccccc3o2)CCS1(=O)=O. The van der Waals surface area contributed by atoms with E-state index in [0.717, 1.165) is 11.1 Å². The number of anilines is 1. The quantitative estimate of drug-likeness (QED) is 0.872. The highest BCUT2D eigenvalue weighted by molar-refractivity contribution is 7.92. The van der Waals surface area contributed by atoms with Crippen molar-refractivity contribution in [2.45, 2.75) is 31.4 Å². The van der Waals surface area contributed by atoms with E-state index < -0.39 is 14.6 Å². The van der Waals surface area contributed by atoms with E-state index in [-0.39, 0.29) is 5.75 Å². The number of para-hydroxylation sites is 2. The van der Waals surface area contributed by atoms with Gasteiger partial charge in [-0.3, -0.25) is 0 Å². The summed E-state index contributed by atoms with van der Waals surface area (Å²) in [5.41, 5.74) is 1.54. The fourth-order valence-electron chi connectivity index (χ4n) is 3.04. The largest absolute Gasteiger partial charge is 0.423 e. The van der Waals surface area contributed by atoms with Gasteiger partial charge in [0.25, 0.3) is 6.01 Å². The fourth-order valence-corrected chi connectivity index (χ4v) is 5.17. The smallest absolute Gasteiger partial charge is 0.298 e. The zero-order valence-corrected chi connectivity index (χ0v) is 13.2. The van der Waals surface area contributed by atoms with Gasteiger partial charge in [0, 0.05) is 13.1 Å². The van der Waals surface area contributed by atoms with Crippen LogP contribution in [0, 0.1) is 0 Å². The van der Waals surface area contributed by atoms with Gasteiger partial charge in [-0.1, -0.05) is 26.0 Å². The maximum Gasteiger partial charge on any atom is 0.298 e. The summed E-state index contributed by atoms with van der Waals surface area (Å²) < 4.78 is 30.0. The number of benzene rings is 1. The number of rotatable bonds is 3. The molecule has 0 N–H and O–H groups in total. The van der Waals surface area contributed by atoms with Crippen molar-refractivity contribution in [2.24, 2.45) is 0 Å². The number of aromatic nitrogens is 1. The van der Waals surface area contributed by atoms with Gasteiger partial charge in [0.15, 0.2) is 15.4 Å². The normalized spacial score (nSPS) is 20.8. The number of hydrogen-bond donors (Lipinski definition) is 0. The Morgan fingerprint density at radius 3 is 2.67 bits per heavy atom. The summed E-state index contributed by atoms with van der Waals surface area (Å²) in [7, 11) is -3.07. The van der Waals surface area contributed by atoms with Crippen molar-refractivity contribution in [1.82, 2.24) is 4.98 Å². The van der Waals surface area contributed by atoms with Crippen LogP contribution in [0.25, 0.3) is 11.1 Å². The Bertz CT molecular complexity index is 714. The van der Waals surface area contributed by atoms with Crippen LogP contribution in [0.15, 0.2) is 28.7 Å². The molecule has 0 unspecified atom stereocenters. The van der Waals surface area contributed by atoms with Crippen molar-refractivity contribution < 1.29 is 12.8 Å². The van der Waals surface area contributed by atoms with E-state index in [2.05, 4.69) is 4.98 Å². The first kappa shape index (κ1) is 14.4. The highest BCUT2D eigenvalue weighted by atomic mass is 32.2. The average molecular weight is 308 g/mol. The first-order valence-electron chi connectivity index (χ1n) is 7.34. The van der Waals surface area contributed by atoms with Crippen LogP contribution in [0.4, 0.5) is 6.01 Å². The zero-order valence-electron chi connectivity index (χ0n) is 12.4. The van der Waals surface area contributed by atoms with E-state index in [0.29, 0.717) is 31.9 Å². The van der Waals surface area contributed by atoms with Gasteiger partial charge in [0.2, 0.25) is 0 Å². The zero-order chi connectivity index (χ0) is 15.1. The van der Waals surface area contributed by atoms with E-state index in [4.69, 9.17) is 4.42 Å². The van der Waals surface area contributed by atoms with Crippen molar-refractivity contribution in [2.75, 3.05) is 23.7 Å². The molecule has 0 amide bonds. The van der Waals surface area contributed by atoms with Crippen LogP contribution in [-0.4, -0.2) is 37.0 Å². The van der Waals surface area contributed by atoms with Crippen LogP contribution in [-0.2, 0) is 9.84 Å². The Morgan fingerprint density at radius 2 is 2.00 bits per heavy atom. The van der Waals surface area contributed by atoms with E-state index in [1.807, 2.05) is 43.0 Å². The van der Waals surface area contributed by atoms with Crippen LogP contribution in [0.1, 0.15) is 26.7 Å². The molecule has 114 valence electrons. The number of nitrogens with zero attached hydrogens (tertiary/aromatic N) is 2. The summed E-state index contributed by atoms with van der Waals surface area (Å²) in [5, 5.41) is 0. The molecule has 0 saturated carbocycles. The summed E-state index contributed by atoms with van der Waals surface area (Å²) in [5.74, 6) is 0.160. The highest BCUT2D eigenvalue weighted by Gasteiger charge is 2.46. The molecule has 2 heterocycles. The number of hydrogen-bond acceptors (Lipinski definition) is 5. The first-order valence-corrected chi connectivity index (χ1v) is 8.99. The molecular formula is C15H20N2O3S. The molecule has 0 bridgehead atoms. The molecule has 2 aromatic rings. The Kier molecular flexibility index (Phi) is 3.43. The average Bonchev–Trinajstić information content (AvgIpc) is 2.91. The molecule has 0 radical (unpaired) electrons. The lowest BCUT2D eigenvalue weighted by Gasteiger charge is -2.40. The van der Waals surface area contributed by atoms with Crippen molar-refractivity contribution >= 4 is 27.0 Å². The molecule has 1 aromatic carbocycles. The van der Waals surface area contributed by atoms with Crippen LogP contribution in [0.5, 0.6) is 0 Å². The lowest BCUT2D eigenvalue weighted by atomic mass is 10.0. The second kappa shape index (κ2) is 5.02. The molecule has 3 rings (SSSR count). The van der Waals surface area contributed by atoms with E-state index in [1.54, 1.807) is 0 Å². The predicted octanol–water partition coefficient (Wildman–Crippen LogP) is 2.62. The van der Waals surface area contributed by atoms with Gasteiger partial charge >= 0.3 is 0 Å². The summed E-state index contributed by atoms with van der Waals surface area (Å²) in [6.45, 7) is 4.78. The third kappa shape index (κ3) is 2.21. The van der Waals surface area contributed by atoms with Crippen molar-refractivity contribution in [3.05, 3.63) is 24.3 Å². The molecule has 1 saturated heterocycles. The molecule has 1 aliphatic heterocycles. The third-order valence-corrected chi connectivity index (χ3v) is 7.36. The van der Waals surface area contributed by atoms with Gasteiger partial charge in [0.1, 0.15) is 5.52 Å². The summed E-state index contributed by atoms with van der Waals surface area (Å²) >= 11 is 0. The van der Waals surface area contributed by atoms with Gasteiger partial charge in [-0.25, -0.2) is 8.42 Å². The summed E-state index contributed by atoms with van der Waals surface area (Å²) in [6, 6.07) is 8.12. The van der Waals surface area contributed by atoms with Gasteiger partial charge in [-0.15, -0.1) is 0 Å². The minimum atomic E-state index is -3.07. The van der Waals surface area contributed by atoms with Crippen LogP contribution >= 0.6 is 0 Å². The Labute approximate surface area is 124 Å². The topological polar surface area (TPSA) is 63.4 Å². The molecule has 1 aliphatic rings. The first-order chi connectivity index (χ1) is 10.0. The molecule has 21 heavy (non-hydrogen) atoms. The van der Waals surface area contributed by atoms with Gasteiger partial charge in [-0.2, -0.15) is 4.98 Å². The summed E-state index contributed by atoms with van der Waals surface area (Å²) in [4.78, 5) is 6.45. The van der Waals surface area contributed by atoms with Crippen molar-refractivity contribution in [3.8, 4) is 0 Å². The lowest BCUT2D eigenvalue weighted by molar-refractivity contribution is 0.442. The number of oxazole rings is 1. The van der Waals surface area contributed by atoms with Crippen LogP contribution in [0.2, 0.25) is 0 Å². The molecule has 0 aliphatic carbocycles. The minimum absolute atomic E-state index is 0.160. The molecule has 6 heteroatoms. The number of sulfone groups is 1. The van der Waals surface area contributed by atoms with E-state index in [1.165, 1.54) is 0 Å². The summed E-state index contributed by atoms with van der Waals surface area (Å²) in [6.07, 6.45) is 1.23. The van der Waals surface area contributed by atoms with Crippen molar-refractivity contribution in [1.29, 1.82) is 0 Å². The molecule has 0 atom stereocenters. The third-order valence-electron chi connectivity index (χ3n) is 4.61. The van der Waals surface area contributed by atoms with Gasteiger partial charge < -0.3 is 9.32 Å². The molecule has 0 spiro atoms.